The molecule has 0 aromatic heterocycles. The average Bonchev–Trinajstić information content (AvgIpc) is 3.24. The van der Waals surface area contributed by atoms with Gasteiger partial charge in [-0.1, -0.05) is 74.5 Å². The number of carbonyl (C=O) groups excluding carboxylic acids is 2. The van der Waals surface area contributed by atoms with Crippen LogP contribution in [0, 0.1) is 6.92 Å². The highest BCUT2D eigenvalue weighted by atomic mass is 16.5. The lowest BCUT2D eigenvalue weighted by Gasteiger charge is -2.27. The highest BCUT2D eigenvalue weighted by Crippen LogP contribution is 2.39. The predicted molar refractivity (Wildman–Crippen MR) is 156 cm³/mol. The fraction of sp³-hybridized carbons (Fsp3) is 0.333. The topological polar surface area (TPSA) is 79.3 Å². The molecule has 1 amide bonds. The molecule has 7 nitrogen and oxygen atoms in total. The Bertz CT molecular complexity index is 1320. The number of carbonyl (C=O) groups is 2. The fourth-order valence-electron chi connectivity index (χ4n) is 4.99. The van der Waals surface area contributed by atoms with Gasteiger partial charge in [-0.05, 0) is 62.3 Å². The molecule has 3 aromatic rings. The van der Waals surface area contributed by atoms with Crippen LogP contribution in [0.3, 0.4) is 0 Å². The number of para-hydroxylation sites is 1. The lowest BCUT2D eigenvalue weighted by molar-refractivity contribution is -0.140. The molecule has 1 heterocycles. The van der Waals surface area contributed by atoms with E-state index in [0.29, 0.717) is 31.1 Å². The highest BCUT2D eigenvalue weighted by molar-refractivity contribution is 6.46. The van der Waals surface area contributed by atoms with Gasteiger partial charge in [0.2, 0.25) is 0 Å². The third-order valence-corrected chi connectivity index (χ3v) is 7.25. The van der Waals surface area contributed by atoms with E-state index in [1.165, 1.54) is 0 Å². The second kappa shape index (κ2) is 13.8. The van der Waals surface area contributed by atoms with Crippen LogP contribution in [-0.4, -0.2) is 66.0 Å². The van der Waals surface area contributed by atoms with E-state index in [1.807, 2.05) is 61.5 Å². The summed E-state index contributed by atoms with van der Waals surface area (Å²) in [6.45, 7) is 10.0. The molecule has 1 unspecified atom stereocenters. The number of ketones is 1. The molecule has 3 aromatic carbocycles. The maximum Gasteiger partial charge on any atom is 0.295 e. The molecule has 1 aliphatic heterocycles. The van der Waals surface area contributed by atoms with E-state index in [4.69, 9.17) is 9.47 Å². The van der Waals surface area contributed by atoms with Crippen molar-refractivity contribution in [2.24, 2.45) is 0 Å². The third-order valence-electron chi connectivity index (χ3n) is 7.25. The van der Waals surface area contributed by atoms with E-state index >= 15 is 0 Å². The van der Waals surface area contributed by atoms with E-state index in [1.54, 1.807) is 29.2 Å². The third kappa shape index (κ3) is 6.72. The fourth-order valence-corrected chi connectivity index (χ4v) is 4.99. The van der Waals surface area contributed by atoms with Crippen LogP contribution >= 0.6 is 0 Å². The van der Waals surface area contributed by atoms with Crippen LogP contribution in [-0.2, 0) is 9.59 Å². The smallest absolute Gasteiger partial charge is 0.295 e. The molecule has 0 aliphatic carbocycles. The molecule has 0 saturated carbocycles. The maximum atomic E-state index is 13.2. The Morgan fingerprint density at radius 3 is 2.20 bits per heavy atom. The number of Topliss-reactive ketones (excluding diaryl/α,β-unsaturated/α-hetero) is 1. The Morgan fingerprint density at radius 1 is 0.875 bits per heavy atom. The van der Waals surface area contributed by atoms with Gasteiger partial charge < -0.3 is 24.4 Å². The number of hydrogen-bond acceptors (Lipinski definition) is 6. The van der Waals surface area contributed by atoms with Gasteiger partial charge in [0.15, 0.2) is 0 Å². The number of aryl methyl sites for hydroxylation is 1. The summed E-state index contributed by atoms with van der Waals surface area (Å²) in [5, 5.41) is 11.2. The van der Waals surface area contributed by atoms with Gasteiger partial charge in [-0.3, -0.25) is 9.59 Å². The van der Waals surface area contributed by atoms with Crippen molar-refractivity contribution >= 4 is 17.4 Å². The Hall–Kier alpha value is -4.10. The Kier molecular flexibility index (Phi) is 9.97. The minimum absolute atomic E-state index is 0.110. The van der Waals surface area contributed by atoms with E-state index in [9.17, 15) is 14.7 Å². The second-order valence-corrected chi connectivity index (χ2v) is 9.77. The van der Waals surface area contributed by atoms with Crippen LogP contribution in [0.1, 0.15) is 43.0 Å². The van der Waals surface area contributed by atoms with Crippen molar-refractivity contribution in [2.75, 3.05) is 39.4 Å². The molecule has 4 rings (SSSR count). The predicted octanol–water partition coefficient (Wildman–Crippen LogP) is 5.61. The zero-order valence-corrected chi connectivity index (χ0v) is 23.5. The van der Waals surface area contributed by atoms with Gasteiger partial charge in [0.25, 0.3) is 11.7 Å². The van der Waals surface area contributed by atoms with Gasteiger partial charge in [0.05, 0.1) is 11.6 Å². The number of amides is 1. The lowest BCUT2D eigenvalue weighted by atomic mass is 9.95. The summed E-state index contributed by atoms with van der Waals surface area (Å²) in [5.74, 6) is 0.0665. The van der Waals surface area contributed by atoms with Crippen molar-refractivity contribution in [3.8, 4) is 11.5 Å². The summed E-state index contributed by atoms with van der Waals surface area (Å²) in [6.07, 6.45) is 0.721. The molecule has 1 N–H and O–H groups in total. The van der Waals surface area contributed by atoms with Gasteiger partial charge in [0, 0.05) is 12.1 Å². The monoisotopic (exact) mass is 542 g/mol. The zero-order valence-electron chi connectivity index (χ0n) is 23.5. The molecule has 40 heavy (non-hydrogen) atoms. The van der Waals surface area contributed by atoms with Gasteiger partial charge in [0.1, 0.15) is 30.5 Å². The summed E-state index contributed by atoms with van der Waals surface area (Å²) >= 11 is 0. The standard InChI is InChI=1S/C33H38N2O5/c1-4-34(5-2)20-11-21-35-30(29(32(37)33(35)38)31(36)26-13-7-6-8-14-26)25-16-18-27(19-17-25)39-22-23-40-28-15-10-9-12-24(28)3/h6-10,12-19,30,36H,4-5,11,20-23H2,1-3H3/b31-29+. The molecule has 0 spiro atoms. The summed E-state index contributed by atoms with van der Waals surface area (Å²) in [6, 6.07) is 23.4. The number of nitrogens with zero attached hydrogens (tertiary/aromatic N) is 2. The SMILES string of the molecule is CCN(CC)CCCN1C(=O)C(=O)/C(=C(/O)c2ccccc2)C1c1ccc(OCCOc2ccccc2C)cc1. The largest absolute Gasteiger partial charge is 0.507 e. The van der Waals surface area contributed by atoms with Crippen molar-refractivity contribution < 1.29 is 24.2 Å². The van der Waals surface area contributed by atoms with Crippen molar-refractivity contribution in [1.29, 1.82) is 0 Å². The lowest BCUT2D eigenvalue weighted by Crippen LogP contribution is -2.33. The number of hydrogen-bond donors (Lipinski definition) is 1. The summed E-state index contributed by atoms with van der Waals surface area (Å²) in [4.78, 5) is 30.3. The van der Waals surface area contributed by atoms with Gasteiger partial charge in [-0.15, -0.1) is 0 Å². The summed E-state index contributed by atoms with van der Waals surface area (Å²) < 4.78 is 11.7. The van der Waals surface area contributed by atoms with Gasteiger partial charge >= 0.3 is 0 Å². The first kappa shape index (κ1) is 28.9. The number of benzene rings is 3. The first-order valence-electron chi connectivity index (χ1n) is 13.9. The molecule has 0 radical (unpaired) electrons. The van der Waals surface area contributed by atoms with E-state index < -0.39 is 17.7 Å². The normalized spacial score (nSPS) is 16.5. The minimum Gasteiger partial charge on any atom is -0.507 e. The molecule has 1 atom stereocenters. The zero-order chi connectivity index (χ0) is 28.5. The number of aliphatic hydroxyl groups excluding tert-OH is 1. The van der Waals surface area contributed by atoms with Crippen molar-refractivity contribution in [2.45, 2.75) is 33.2 Å². The Balaban J connectivity index is 1.53. The first-order chi connectivity index (χ1) is 19.4. The average molecular weight is 543 g/mol. The Morgan fingerprint density at radius 2 is 1.52 bits per heavy atom. The number of rotatable bonds is 13. The molecular formula is C33H38N2O5. The van der Waals surface area contributed by atoms with Crippen LogP contribution in [0.15, 0.2) is 84.4 Å². The summed E-state index contributed by atoms with van der Waals surface area (Å²) in [5.41, 5.74) is 2.42. The number of aliphatic hydroxyl groups is 1. The van der Waals surface area contributed by atoms with Crippen LogP contribution in [0.2, 0.25) is 0 Å². The summed E-state index contributed by atoms with van der Waals surface area (Å²) in [7, 11) is 0. The van der Waals surface area contributed by atoms with E-state index in [0.717, 1.165) is 42.9 Å². The molecule has 1 fully saturated rings. The van der Waals surface area contributed by atoms with Gasteiger partial charge in [-0.25, -0.2) is 0 Å². The van der Waals surface area contributed by atoms with Crippen molar-refractivity contribution in [1.82, 2.24) is 9.80 Å². The molecule has 210 valence electrons. The van der Waals surface area contributed by atoms with E-state index in [2.05, 4.69) is 18.7 Å². The van der Waals surface area contributed by atoms with Crippen molar-refractivity contribution in [3.05, 3.63) is 101 Å². The van der Waals surface area contributed by atoms with E-state index in [-0.39, 0.29) is 11.3 Å². The van der Waals surface area contributed by atoms with Gasteiger partial charge in [-0.2, -0.15) is 0 Å². The molecule has 7 heteroatoms. The van der Waals surface area contributed by atoms with Crippen LogP contribution in [0.5, 0.6) is 11.5 Å². The minimum atomic E-state index is -0.685. The number of likely N-dealkylation sites (tertiary alicyclic amines) is 1. The van der Waals surface area contributed by atoms with Crippen LogP contribution in [0.25, 0.3) is 5.76 Å². The molecule has 0 bridgehead atoms. The second-order valence-electron chi connectivity index (χ2n) is 9.77. The van der Waals surface area contributed by atoms with Crippen molar-refractivity contribution in [3.63, 3.8) is 0 Å². The highest BCUT2D eigenvalue weighted by Gasteiger charge is 2.45. The van der Waals surface area contributed by atoms with Crippen LogP contribution < -0.4 is 9.47 Å². The first-order valence-corrected chi connectivity index (χ1v) is 13.9. The molecule has 1 saturated heterocycles. The Labute approximate surface area is 236 Å². The maximum absolute atomic E-state index is 13.2. The van der Waals surface area contributed by atoms with Crippen LogP contribution in [0.4, 0.5) is 0 Å². The molecule has 1 aliphatic rings. The quantitative estimate of drug-likeness (QED) is 0.131. The number of ether oxygens (including phenoxy) is 2. The molecular weight excluding hydrogens is 504 g/mol.